The zero-order valence-electron chi connectivity index (χ0n) is 7.95. The molecule has 1 aromatic rings. The number of carbonyl (C=O) groups is 1. The summed E-state index contributed by atoms with van der Waals surface area (Å²) in [5, 5.41) is 5.79. The Hall–Kier alpha value is -1.27. The first-order valence-corrected chi connectivity index (χ1v) is 5.72. The minimum atomic E-state index is -0.178. The van der Waals surface area contributed by atoms with Crippen molar-refractivity contribution in [2.24, 2.45) is 0 Å². The molecule has 0 aromatic carbocycles. The molecule has 1 amide bonds. The number of hydrogen-bond acceptors (Lipinski definition) is 4. The highest BCUT2D eigenvalue weighted by Crippen LogP contribution is 2.11. The number of hydrogen-bond donors (Lipinski definition) is 3. The van der Waals surface area contributed by atoms with Crippen molar-refractivity contribution < 1.29 is 4.79 Å². The zero-order valence-corrected chi connectivity index (χ0v) is 8.76. The lowest BCUT2D eigenvalue weighted by Crippen LogP contribution is -2.37. The van der Waals surface area contributed by atoms with Crippen LogP contribution in [0.25, 0.3) is 0 Å². The first-order chi connectivity index (χ1) is 7.25. The summed E-state index contributed by atoms with van der Waals surface area (Å²) in [6.45, 7) is 0. The largest absolute Gasteiger partial charge is 0.327 e. The van der Waals surface area contributed by atoms with Crippen LogP contribution in [0.15, 0.2) is 23.1 Å². The molecular formula is C9H11N3O2S. The zero-order chi connectivity index (χ0) is 10.7. The van der Waals surface area contributed by atoms with Crippen LogP contribution in [0, 0.1) is 0 Å². The Labute approximate surface area is 90.7 Å². The molecule has 0 aliphatic carbocycles. The molecule has 0 bridgehead atoms. The second-order valence-electron chi connectivity index (χ2n) is 3.20. The maximum atomic E-state index is 11.6. The van der Waals surface area contributed by atoms with E-state index in [1.165, 1.54) is 12.3 Å². The number of thioether (sulfide) groups is 1. The highest BCUT2D eigenvalue weighted by molar-refractivity contribution is 7.99. The third-order valence-electron chi connectivity index (χ3n) is 2.08. The van der Waals surface area contributed by atoms with Gasteiger partial charge >= 0.3 is 0 Å². The van der Waals surface area contributed by atoms with Crippen LogP contribution in [-0.2, 0) is 4.79 Å². The molecule has 3 N–H and O–H groups in total. The van der Waals surface area contributed by atoms with Gasteiger partial charge in [0, 0.05) is 23.9 Å². The Morgan fingerprint density at radius 2 is 2.40 bits per heavy atom. The van der Waals surface area contributed by atoms with Crippen molar-refractivity contribution in [3.63, 3.8) is 0 Å². The number of nitrogens with one attached hydrogen (secondary N) is 3. The fraction of sp³-hybridized carbons (Fsp3) is 0.333. The Balaban J connectivity index is 1.99. The van der Waals surface area contributed by atoms with Crippen molar-refractivity contribution in [2.45, 2.75) is 6.04 Å². The molecule has 1 unspecified atom stereocenters. The molecule has 1 aromatic heterocycles. The average Bonchev–Trinajstić information content (AvgIpc) is 2.74. The quantitative estimate of drug-likeness (QED) is 0.661. The van der Waals surface area contributed by atoms with Gasteiger partial charge in [0.2, 0.25) is 11.5 Å². The van der Waals surface area contributed by atoms with E-state index in [0.29, 0.717) is 5.69 Å². The number of amides is 1. The molecule has 5 nitrogen and oxygen atoms in total. The second-order valence-corrected chi connectivity index (χ2v) is 4.23. The summed E-state index contributed by atoms with van der Waals surface area (Å²) in [6.07, 6.45) is 1.49. The molecule has 2 heterocycles. The third kappa shape index (κ3) is 2.60. The van der Waals surface area contributed by atoms with Gasteiger partial charge in [0.15, 0.2) is 0 Å². The topological polar surface area (TPSA) is 74.0 Å². The highest BCUT2D eigenvalue weighted by Gasteiger charge is 2.22. The number of aromatic amines is 1. The van der Waals surface area contributed by atoms with E-state index in [1.807, 2.05) is 0 Å². The van der Waals surface area contributed by atoms with E-state index in [0.717, 1.165) is 11.6 Å². The first kappa shape index (κ1) is 10.3. The maximum absolute atomic E-state index is 11.6. The van der Waals surface area contributed by atoms with Crippen LogP contribution < -0.4 is 16.2 Å². The molecule has 1 saturated heterocycles. The van der Waals surface area contributed by atoms with Gasteiger partial charge in [0.1, 0.15) is 0 Å². The summed E-state index contributed by atoms with van der Waals surface area (Å²) >= 11 is 1.69. The number of carbonyl (C=O) groups excluding carboxylic acids is 1. The SMILES string of the molecule is O=C(Nc1ccc(=O)[nH]c1)C1CSCN1. The Morgan fingerprint density at radius 1 is 1.53 bits per heavy atom. The summed E-state index contributed by atoms with van der Waals surface area (Å²) in [5.41, 5.74) is 0.431. The van der Waals surface area contributed by atoms with Crippen molar-refractivity contribution in [3.05, 3.63) is 28.7 Å². The maximum Gasteiger partial charge on any atom is 0.248 e. The van der Waals surface area contributed by atoms with Gasteiger partial charge in [-0.1, -0.05) is 0 Å². The van der Waals surface area contributed by atoms with Crippen LogP contribution in [0.1, 0.15) is 0 Å². The lowest BCUT2D eigenvalue weighted by atomic mass is 10.3. The normalized spacial score (nSPS) is 20.1. The summed E-state index contributed by atoms with van der Waals surface area (Å²) in [6, 6.07) is 2.83. The van der Waals surface area contributed by atoms with Crippen LogP contribution in [0.2, 0.25) is 0 Å². The van der Waals surface area contributed by atoms with Gasteiger partial charge in [0.25, 0.3) is 0 Å². The molecule has 0 saturated carbocycles. The van der Waals surface area contributed by atoms with Gasteiger partial charge < -0.3 is 10.3 Å². The molecule has 0 radical (unpaired) electrons. The summed E-state index contributed by atoms with van der Waals surface area (Å²) < 4.78 is 0. The lowest BCUT2D eigenvalue weighted by molar-refractivity contribution is -0.117. The highest BCUT2D eigenvalue weighted by atomic mass is 32.2. The van der Waals surface area contributed by atoms with Crippen LogP contribution in [0.5, 0.6) is 0 Å². The third-order valence-corrected chi connectivity index (χ3v) is 3.02. The lowest BCUT2D eigenvalue weighted by Gasteiger charge is -2.09. The molecule has 1 aliphatic heterocycles. The fourth-order valence-corrected chi connectivity index (χ4v) is 2.22. The van der Waals surface area contributed by atoms with Gasteiger partial charge in [-0.05, 0) is 6.07 Å². The Kier molecular flexibility index (Phi) is 3.08. The Bertz CT molecular complexity index is 392. The van der Waals surface area contributed by atoms with Gasteiger partial charge in [-0.3, -0.25) is 14.9 Å². The van der Waals surface area contributed by atoms with E-state index in [2.05, 4.69) is 15.6 Å². The monoisotopic (exact) mass is 225 g/mol. The van der Waals surface area contributed by atoms with Crippen LogP contribution in [-0.4, -0.2) is 28.6 Å². The number of pyridine rings is 1. The van der Waals surface area contributed by atoms with Crippen molar-refractivity contribution in [2.75, 3.05) is 16.9 Å². The number of rotatable bonds is 2. The molecule has 6 heteroatoms. The molecule has 2 rings (SSSR count). The van der Waals surface area contributed by atoms with Gasteiger partial charge in [-0.2, -0.15) is 0 Å². The van der Waals surface area contributed by atoms with E-state index in [-0.39, 0.29) is 17.5 Å². The summed E-state index contributed by atoms with van der Waals surface area (Å²) in [5.74, 6) is 1.53. The number of aromatic nitrogens is 1. The van der Waals surface area contributed by atoms with Gasteiger partial charge in [-0.25, -0.2) is 0 Å². The van der Waals surface area contributed by atoms with Crippen molar-refractivity contribution in [3.8, 4) is 0 Å². The van der Waals surface area contributed by atoms with E-state index in [4.69, 9.17) is 0 Å². The molecule has 0 spiro atoms. The summed E-state index contributed by atoms with van der Waals surface area (Å²) in [7, 11) is 0. The fourth-order valence-electron chi connectivity index (χ4n) is 1.28. The molecule has 1 aliphatic rings. The minimum absolute atomic E-state index is 0.0629. The van der Waals surface area contributed by atoms with Crippen molar-refractivity contribution >= 4 is 23.4 Å². The average molecular weight is 225 g/mol. The Morgan fingerprint density at radius 3 is 3.00 bits per heavy atom. The van der Waals surface area contributed by atoms with E-state index < -0.39 is 0 Å². The number of H-pyrrole nitrogens is 1. The number of anilines is 1. The van der Waals surface area contributed by atoms with Crippen molar-refractivity contribution in [1.29, 1.82) is 0 Å². The molecule has 1 fully saturated rings. The predicted molar refractivity (Wildman–Crippen MR) is 59.9 cm³/mol. The molecular weight excluding hydrogens is 214 g/mol. The van der Waals surface area contributed by atoms with Crippen LogP contribution >= 0.6 is 11.8 Å². The smallest absolute Gasteiger partial charge is 0.248 e. The van der Waals surface area contributed by atoms with Gasteiger partial charge in [-0.15, -0.1) is 11.8 Å². The van der Waals surface area contributed by atoms with E-state index in [9.17, 15) is 9.59 Å². The van der Waals surface area contributed by atoms with E-state index in [1.54, 1.807) is 17.8 Å². The predicted octanol–water partition coefficient (Wildman–Crippen LogP) is -0.0241. The van der Waals surface area contributed by atoms with Gasteiger partial charge in [0.05, 0.1) is 11.7 Å². The molecule has 1 atom stereocenters. The van der Waals surface area contributed by atoms with Crippen LogP contribution in [0.4, 0.5) is 5.69 Å². The second kappa shape index (κ2) is 4.50. The summed E-state index contributed by atoms with van der Waals surface area (Å²) in [4.78, 5) is 24.9. The molecule has 15 heavy (non-hydrogen) atoms. The minimum Gasteiger partial charge on any atom is -0.327 e. The van der Waals surface area contributed by atoms with E-state index >= 15 is 0 Å². The standard InChI is InChI=1S/C9H11N3O2S/c13-8-2-1-6(3-10-8)12-9(14)7-4-15-5-11-7/h1-3,7,11H,4-5H2,(H,10,13)(H,12,14). The van der Waals surface area contributed by atoms with Crippen molar-refractivity contribution in [1.82, 2.24) is 10.3 Å². The van der Waals surface area contributed by atoms with Crippen LogP contribution in [0.3, 0.4) is 0 Å². The first-order valence-electron chi connectivity index (χ1n) is 4.56. The molecule has 80 valence electrons.